The van der Waals surface area contributed by atoms with Crippen LogP contribution in [-0.2, 0) is 4.79 Å². The third-order valence-electron chi connectivity index (χ3n) is 4.82. The highest BCUT2D eigenvalue weighted by Crippen LogP contribution is 2.30. The molecule has 1 saturated heterocycles. The zero-order valence-corrected chi connectivity index (χ0v) is 16.0. The molecule has 7 nitrogen and oxygen atoms in total. The van der Waals surface area contributed by atoms with Crippen molar-refractivity contribution in [2.24, 2.45) is 0 Å². The molecular weight excluding hydrogens is 364 g/mol. The van der Waals surface area contributed by atoms with Crippen molar-refractivity contribution in [1.29, 1.82) is 0 Å². The maximum atomic E-state index is 13.2. The summed E-state index contributed by atoms with van der Waals surface area (Å²) < 4.78 is 7.28. The average molecular weight is 384 g/mol. The van der Waals surface area contributed by atoms with Crippen LogP contribution in [0.3, 0.4) is 0 Å². The second kappa shape index (κ2) is 7.03. The molecule has 4 rings (SSSR count). The van der Waals surface area contributed by atoms with E-state index in [1.54, 1.807) is 23.8 Å². The molecule has 140 valence electrons. The molecule has 1 fully saturated rings. The van der Waals surface area contributed by atoms with Crippen molar-refractivity contribution in [1.82, 2.24) is 19.2 Å². The number of hydrogen-bond donors (Lipinski definition) is 0. The number of fused-ring (bicyclic) bond motifs is 1. The molecule has 0 atom stereocenters. The van der Waals surface area contributed by atoms with Crippen LogP contribution < -0.4 is 4.74 Å². The molecule has 2 amide bonds. The van der Waals surface area contributed by atoms with E-state index < -0.39 is 0 Å². The lowest BCUT2D eigenvalue weighted by atomic mass is 10.1. The summed E-state index contributed by atoms with van der Waals surface area (Å²) in [5.41, 5.74) is 2.08. The number of ether oxygens (including phenoxy) is 1. The first kappa shape index (κ1) is 17.5. The van der Waals surface area contributed by atoms with E-state index in [9.17, 15) is 9.59 Å². The maximum absolute atomic E-state index is 13.2. The second-order valence-corrected chi connectivity index (χ2v) is 7.27. The molecule has 0 spiro atoms. The summed E-state index contributed by atoms with van der Waals surface area (Å²) >= 11 is 1.49. The molecule has 3 heterocycles. The molecule has 0 radical (unpaired) electrons. The summed E-state index contributed by atoms with van der Waals surface area (Å²) in [6.45, 7) is 3.69. The number of benzene rings is 1. The molecule has 3 aromatic rings. The molecule has 1 aliphatic heterocycles. The number of rotatable bonds is 3. The lowest BCUT2D eigenvalue weighted by molar-refractivity contribution is -0.130. The number of aromatic nitrogens is 2. The zero-order chi connectivity index (χ0) is 19.0. The number of hydrogen-bond acceptors (Lipinski definition) is 5. The van der Waals surface area contributed by atoms with Crippen LogP contribution in [0.4, 0.5) is 0 Å². The predicted octanol–water partition coefficient (Wildman–Crippen LogP) is 2.38. The number of carbonyl (C=O) groups is 2. The van der Waals surface area contributed by atoms with Crippen LogP contribution in [0.15, 0.2) is 35.8 Å². The monoisotopic (exact) mass is 384 g/mol. The summed E-state index contributed by atoms with van der Waals surface area (Å²) in [6, 6.07) is 7.64. The van der Waals surface area contributed by atoms with E-state index in [1.165, 1.54) is 11.3 Å². The molecule has 0 saturated carbocycles. The van der Waals surface area contributed by atoms with Crippen LogP contribution in [0.2, 0.25) is 0 Å². The fraction of sp³-hybridized carbons (Fsp3) is 0.316. The Morgan fingerprint density at radius 2 is 1.89 bits per heavy atom. The summed E-state index contributed by atoms with van der Waals surface area (Å²) in [5.74, 6) is 0.666. The van der Waals surface area contributed by atoms with Crippen molar-refractivity contribution < 1.29 is 14.3 Å². The van der Waals surface area contributed by atoms with Crippen LogP contribution in [0.5, 0.6) is 5.75 Å². The number of thiazole rings is 1. The molecule has 0 aliphatic carbocycles. The van der Waals surface area contributed by atoms with Crippen LogP contribution in [0.25, 0.3) is 16.2 Å². The minimum Gasteiger partial charge on any atom is -0.497 e. The smallest absolute Gasteiger partial charge is 0.274 e. The Labute approximate surface area is 160 Å². The van der Waals surface area contributed by atoms with Gasteiger partial charge in [-0.05, 0) is 12.1 Å². The first-order valence-electron chi connectivity index (χ1n) is 8.73. The van der Waals surface area contributed by atoms with Gasteiger partial charge in [-0.15, -0.1) is 11.3 Å². The molecule has 0 bridgehead atoms. The number of carbonyl (C=O) groups excluding carboxylic acids is 2. The van der Waals surface area contributed by atoms with Gasteiger partial charge >= 0.3 is 0 Å². The van der Waals surface area contributed by atoms with Crippen LogP contribution in [0.1, 0.15) is 17.4 Å². The average Bonchev–Trinajstić information content (AvgIpc) is 3.28. The Balaban J connectivity index is 1.71. The van der Waals surface area contributed by atoms with Crippen molar-refractivity contribution in [3.8, 4) is 17.0 Å². The van der Waals surface area contributed by atoms with E-state index >= 15 is 0 Å². The Bertz CT molecular complexity index is 1000. The largest absolute Gasteiger partial charge is 0.497 e. The van der Waals surface area contributed by atoms with E-state index in [4.69, 9.17) is 4.74 Å². The molecule has 0 unspecified atom stereocenters. The van der Waals surface area contributed by atoms with E-state index in [0.717, 1.165) is 22.0 Å². The van der Waals surface area contributed by atoms with Gasteiger partial charge in [-0.2, -0.15) is 0 Å². The zero-order valence-electron chi connectivity index (χ0n) is 15.2. The van der Waals surface area contributed by atoms with Crippen LogP contribution >= 0.6 is 11.3 Å². The Hall–Kier alpha value is -2.87. The molecular formula is C19H20N4O3S. The predicted molar refractivity (Wildman–Crippen MR) is 103 cm³/mol. The second-order valence-electron chi connectivity index (χ2n) is 6.39. The topological polar surface area (TPSA) is 67.2 Å². The quantitative estimate of drug-likeness (QED) is 0.695. The normalized spacial score (nSPS) is 14.6. The third-order valence-corrected chi connectivity index (χ3v) is 5.58. The van der Waals surface area contributed by atoms with Gasteiger partial charge in [0.1, 0.15) is 5.75 Å². The Morgan fingerprint density at radius 3 is 2.59 bits per heavy atom. The van der Waals surface area contributed by atoms with Gasteiger partial charge in [0, 0.05) is 50.2 Å². The highest BCUT2D eigenvalue weighted by Gasteiger charge is 2.28. The lowest BCUT2D eigenvalue weighted by Crippen LogP contribution is -2.50. The number of amides is 2. The molecule has 2 aromatic heterocycles. The fourth-order valence-corrected chi connectivity index (χ4v) is 4.07. The van der Waals surface area contributed by atoms with Gasteiger partial charge < -0.3 is 14.5 Å². The highest BCUT2D eigenvalue weighted by molar-refractivity contribution is 7.15. The Kier molecular flexibility index (Phi) is 4.57. The van der Waals surface area contributed by atoms with Gasteiger partial charge in [0.05, 0.1) is 12.8 Å². The number of nitrogens with zero attached hydrogens (tertiary/aromatic N) is 4. The lowest BCUT2D eigenvalue weighted by Gasteiger charge is -2.34. The van der Waals surface area contributed by atoms with E-state index in [1.807, 2.05) is 40.2 Å². The van der Waals surface area contributed by atoms with Crippen molar-refractivity contribution in [3.63, 3.8) is 0 Å². The van der Waals surface area contributed by atoms with E-state index in [0.29, 0.717) is 31.9 Å². The van der Waals surface area contributed by atoms with Crippen LogP contribution in [0, 0.1) is 0 Å². The summed E-state index contributed by atoms with van der Waals surface area (Å²) in [5, 5.41) is 1.95. The van der Waals surface area contributed by atoms with E-state index in [-0.39, 0.29) is 11.8 Å². The number of piperazine rings is 1. The van der Waals surface area contributed by atoms with Crippen molar-refractivity contribution in [3.05, 3.63) is 41.5 Å². The first-order valence-corrected chi connectivity index (χ1v) is 9.61. The summed E-state index contributed by atoms with van der Waals surface area (Å²) in [4.78, 5) is 33.7. The summed E-state index contributed by atoms with van der Waals surface area (Å²) in [6.07, 6.45) is 1.92. The summed E-state index contributed by atoms with van der Waals surface area (Å²) in [7, 11) is 1.62. The minimum absolute atomic E-state index is 0.0432. The van der Waals surface area contributed by atoms with Gasteiger partial charge in [0.25, 0.3) is 5.91 Å². The highest BCUT2D eigenvalue weighted by atomic mass is 32.1. The molecule has 0 N–H and O–H groups in total. The van der Waals surface area contributed by atoms with Gasteiger partial charge in [0.15, 0.2) is 10.7 Å². The molecule has 8 heteroatoms. The number of imidazole rings is 1. The first-order chi connectivity index (χ1) is 13.1. The van der Waals surface area contributed by atoms with Gasteiger partial charge in [-0.25, -0.2) is 4.98 Å². The minimum atomic E-state index is -0.105. The van der Waals surface area contributed by atoms with Gasteiger partial charge in [-0.1, -0.05) is 12.1 Å². The third kappa shape index (κ3) is 3.16. The van der Waals surface area contributed by atoms with Gasteiger partial charge in [0.2, 0.25) is 5.91 Å². The molecule has 1 aromatic carbocycles. The van der Waals surface area contributed by atoms with E-state index in [2.05, 4.69) is 4.98 Å². The number of methoxy groups -OCH3 is 1. The fourth-order valence-electron chi connectivity index (χ4n) is 3.36. The molecule has 1 aliphatic rings. The standard InChI is InChI=1S/C19H20N4O3S/c1-13(24)21-6-8-22(9-7-21)18(25)16-17(23-10-11-27-19(23)20-16)14-4-3-5-15(12-14)26-2/h3-5,10-12H,6-9H2,1-2H3. The SMILES string of the molecule is COc1cccc(-c2c(C(=O)N3CCN(C(C)=O)CC3)nc3sccn23)c1. The molecule has 27 heavy (non-hydrogen) atoms. The van der Waals surface area contributed by atoms with Gasteiger partial charge in [-0.3, -0.25) is 14.0 Å². The van der Waals surface area contributed by atoms with Crippen molar-refractivity contribution >= 4 is 28.1 Å². The maximum Gasteiger partial charge on any atom is 0.274 e. The van der Waals surface area contributed by atoms with Crippen molar-refractivity contribution in [2.45, 2.75) is 6.92 Å². The van der Waals surface area contributed by atoms with Crippen molar-refractivity contribution in [2.75, 3.05) is 33.3 Å². The Morgan fingerprint density at radius 1 is 1.15 bits per heavy atom. The van der Waals surface area contributed by atoms with Crippen LogP contribution in [-0.4, -0.2) is 64.3 Å².